The molecule has 2 aliphatic carbocycles. The maximum absolute atomic E-state index is 9.67. The van der Waals surface area contributed by atoms with Crippen molar-refractivity contribution < 1.29 is 0 Å². The van der Waals surface area contributed by atoms with E-state index < -0.39 is 0 Å². The Morgan fingerprint density at radius 1 is 1.05 bits per heavy atom. The zero-order valence-electron chi connectivity index (χ0n) is 21.4. The van der Waals surface area contributed by atoms with E-state index in [0.29, 0.717) is 41.9 Å². The Morgan fingerprint density at radius 2 is 1.89 bits per heavy atom. The van der Waals surface area contributed by atoms with Gasteiger partial charge in [0, 0.05) is 29.9 Å². The van der Waals surface area contributed by atoms with Crippen LogP contribution < -0.4 is 21.3 Å². The minimum atomic E-state index is 0.507. The SMILES string of the molecule is N#Cc1cnc(NCc2cccc3ccsc23)nc1NCC1C[C@H]2CCC[C@@H](C1)[C@@H]2NC1CCNCC1. The average Bonchev–Trinajstić information content (AvgIpc) is 3.41. The van der Waals surface area contributed by atoms with Crippen LogP contribution in [0.5, 0.6) is 0 Å². The summed E-state index contributed by atoms with van der Waals surface area (Å²) in [5.41, 5.74) is 1.74. The fourth-order valence-electron chi connectivity index (χ4n) is 6.86. The Balaban J connectivity index is 1.08. The fourth-order valence-corrected chi connectivity index (χ4v) is 7.77. The molecule has 7 nitrogen and oxygen atoms in total. The van der Waals surface area contributed by atoms with E-state index in [1.807, 2.05) is 0 Å². The van der Waals surface area contributed by atoms with E-state index in [-0.39, 0.29) is 0 Å². The van der Waals surface area contributed by atoms with Crippen LogP contribution in [0.2, 0.25) is 0 Å². The number of rotatable bonds is 8. The lowest BCUT2D eigenvalue weighted by Gasteiger charge is -2.48. The highest BCUT2D eigenvalue weighted by Crippen LogP contribution is 2.43. The molecule has 4 N–H and O–H groups in total. The van der Waals surface area contributed by atoms with E-state index in [9.17, 15) is 5.26 Å². The molecule has 0 amide bonds. The number of benzene rings is 1. The molecule has 4 atom stereocenters. The van der Waals surface area contributed by atoms with Gasteiger partial charge in [0.15, 0.2) is 0 Å². The number of nitrogens with one attached hydrogen (secondary N) is 4. The number of fused-ring (bicyclic) bond motifs is 3. The average molecular weight is 516 g/mol. The lowest BCUT2D eigenvalue weighted by atomic mass is 9.64. The Morgan fingerprint density at radius 3 is 2.70 bits per heavy atom. The van der Waals surface area contributed by atoms with Crippen LogP contribution in [0.1, 0.15) is 56.1 Å². The summed E-state index contributed by atoms with van der Waals surface area (Å²) < 4.78 is 1.29. The summed E-state index contributed by atoms with van der Waals surface area (Å²) in [7, 11) is 0. The predicted octanol–water partition coefficient (Wildman–Crippen LogP) is 5.12. The number of thiophene rings is 1. The van der Waals surface area contributed by atoms with Gasteiger partial charge in [-0.1, -0.05) is 24.6 Å². The molecule has 2 bridgehead atoms. The molecule has 37 heavy (non-hydrogen) atoms. The number of nitriles is 1. The maximum atomic E-state index is 9.67. The molecule has 0 spiro atoms. The summed E-state index contributed by atoms with van der Waals surface area (Å²) in [5.74, 6) is 3.37. The van der Waals surface area contributed by atoms with Gasteiger partial charge in [-0.3, -0.25) is 0 Å². The largest absolute Gasteiger partial charge is 0.369 e. The first-order valence-corrected chi connectivity index (χ1v) is 14.8. The zero-order chi connectivity index (χ0) is 25.0. The number of nitrogens with zero attached hydrogens (tertiary/aromatic N) is 3. The molecular weight excluding hydrogens is 478 g/mol. The second-order valence-corrected chi connectivity index (χ2v) is 12.0. The standard InChI is InChI=1S/C29H37N7S/c30-15-24-18-34-29(33-17-23-6-1-3-20-9-12-37-27(20)23)36-28(24)32-16-19-13-21-4-2-5-22(14-19)26(21)35-25-7-10-31-11-8-25/h1,3,6,9,12,18-19,21-22,25-26,31,35H,2,4-5,7-8,10-11,13-14,16-17H2,(H2,32,33,34,36)/t19?,21-,22+,26-. The highest BCUT2D eigenvalue weighted by Gasteiger charge is 2.40. The monoisotopic (exact) mass is 515 g/mol. The van der Waals surface area contributed by atoms with Crippen molar-refractivity contribution in [2.45, 2.75) is 63.6 Å². The van der Waals surface area contributed by atoms with E-state index >= 15 is 0 Å². The Bertz CT molecular complexity index is 1230. The summed E-state index contributed by atoms with van der Waals surface area (Å²) in [6.45, 7) is 3.81. The van der Waals surface area contributed by atoms with Crippen molar-refractivity contribution in [3.8, 4) is 6.07 Å². The van der Waals surface area contributed by atoms with Crippen molar-refractivity contribution in [1.82, 2.24) is 20.6 Å². The fraction of sp³-hybridized carbons (Fsp3) is 0.552. The van der Waals surface area contributed by atoms with E-state index in [1.165, 1.54) is 60.6 Å². The lowest BCUT2D eigenvalue weighted by molar-refractivity contribution is 0.0765. The number of hydrogen-bond acceptors (Lipinski definition) is 8. The van der Waals surface area contributed by atoms with Crippen LogP contribution in [-0.4, -0.2) is 41.7 Å². The minimum Gasteiger partial charge on any atom is -0.369 e. The van der Waals surface area contributed by atoms with Crippen molar-refractivity contribution in [3.05, 3.63) is 47.0 Å². The molecule has 1 aromatic carbocycles. The normalized spacial score (nSPS) is 26.0. The van der Waals surface area contributed by atoms with Crippen LogP contribution in [0.4, 0.5) is 11.8 Å². The Labute approximate surface area is 223 Å². The second kappa shape index (κ2) is 11.3. The van der Waals surface area contributed by atoms with Crippen LogP contribution in [0.3, 0.4) is 0 Å². The van der Waals surface area contributed by atoms with Crippen LogP contribution in [0.15, 0.2) is 35.8 Å². The van der Waals surface area contributed by atoms with Gasteiger partial charge in [0.25, 0.3) is 0 Å². The van der Waals surface area contributed by atoms with E-state index in [1.54, 1.807) is 17.5 Å². The Hall–Kier alpha value is -2.73. The van der Waals surface area contributed by atoms with Crippen molar-refractivity contribution in [3.63, 3.8) is 0 Å². The summed E-state index contributed by atoms with van der Waals surface area (Å²) in [6.07, 6.45) is 10.7. The van der Waals surface area contributed by atoms with Gasteiger partial charge in [-0.05, 0) is 91.8 Å². The molecule has 3 aliphatic rings. The molecule has 8 heteroatoms. The van der Waals surface area contributed by atoms with Crippen molar-refractivity contribution in [2.24, 2.45) is 17.8 Å². The molecule has 1 saturated heterocycles. The molecule has 3 aromatic rings. The Kier molecular flexibility index (Phi) is 7.54. The van der Waals surface area contributed by atoms with Gasteiger partial charge in [0.1, 0.15) is 17.5 Å². The summed E-state index contributed by atoms with van der Waals surface area (Å²) >= 11 is 1.76. The quantitative estimate of drug-likeness (QED) is 0.330. The molecule has 6 rings (SSSR count). The third-order valence-corrected chi connectivity index (χ3v) is 9.68. The van der Waals surface area contributed by atoms with E-state index in [2.05, 4.69) is 62.0 Å². The van der Waals surface area contributed by atoms with Crippen molar-refractivity contribution in [2.75, 3.05) is 30.3 Å². The molecule has 194 valence electrons. The molecule has 0 radical (unpaired) electrons. The van der Waals surface area contributed by atoms with Crippen molar-refractivity contribution >= 4 is 33.2 Å². The molecular formula is C29H37N7S. The number of anilines is 2. The molecule has 1 unspecified atom stereocenters. The summed E-state index contributed by atoms with van der Waals surface area (Å²) in [4.78, 5) is 9.11. The summed E-state index contributed by atoms with van der Waals surface area (Å²) in [6, 6.07) is 12.2. The van der Waals surface area contributed by atoms with Gasteiger partial charge in [-0.15, -0.1) is 11.3 Å². The van der Waals surface area contributed by atoms with Gasteiger partial charge < -0.3 is 21.3 Å². The van der Waals surface area contributed by atoms with Gasteiger partial charge in [-0.25, -0.2) is 4.98 Å². The highest BCUT2D eigenvalue weighted by molar-refractivity contribution is 7.17. The van der Waals surface area contributed by atoms with Crippen LogP contribution in [0.25, 0.3) is 10.1 Å². The summed E-state index contributed by atoms with van der Waals surface area (Å²) in [5, 5.41) is 27.5. The van der Waals surface area contributed by atoms with E-state index in [4.69, 9.17) is 4.98 Å². The highest BCUT2D eigenvalue weighted by atomic mass is 32.1. The number of hydrogen-bond donors (Lipinski definition) is 4. The van der Waals surface area contributed by atoms with Crippen LogP contribution in [0, 0.1) is 29.1 Å². The molecule has 1 aliphatic heterocycles. The second-order valence-electron chi connectivity index (χ2n) is 11.1. The lowest BCUT2D eigenvalue weighted by Crippen LogP contribution is -2.54. The zero-order valence-corrected chi connectivity index (χ0v) is 22.2. The van der Waals surface area contributed by atoms with Gasteiger partial charge in [-0.2, -0.15) is 10.2 Å². The first kappa shape index (κ1) is 24.6. The van der Waals surface area contributed by atoms with Gasteiger partial charge >= 0.3 is 0 Å². The number of piperidine rings is 1. The first-order chi connectivity index (χ1) is 18.3. The number of aromatic nitrogens is 2. The van der Waals surface area contributed by atoms with Crippen molar-refractivity contribution in [1.29, 1.82) is 5.26 Å². The van der Waals surface area contributed by atoms with Gasteiger partial charge in [0.2, 0.25) is 5.95 Å². The van der Waals surface area contributed by atoms with Gasteiger partial charge in [0.05, 0.1) is 6.20 Å². The van der Waals surface area contributed by atoms with Crippen LogP contribution >= 0.6 is 11.3 Å². The van der Waals surface area contributed by atoms with E-state index in [0.717, 1.165) is 31.5 Å². The smallest absolute Gasteiger partial charge is 0.224 e. The van der Waals surface area contributed by atoms with Crippen LogP contribution in [-0.2, 0) is 6.54 Å². The maximum Gasteiger partial charge on any atom is 0.224 e. The molecule has 2 saturated carbocycles. The third kappa shape index (κ3) is 5.59. The predicted molar refractivity (Wildman–Crippen MR) is 151 cm³/mol. The topological polar surface area (TPSA) is 97.7 Å². The minimum absolute atomic E-state index is 0.507. The first-order valence-electron chi connectivity index (χ1n) is 13.9. The third-order valence-electron chi connectivity index (χ3n) is 8.67. The molecule has 3 heterocycles. The molecule has 3 fully saturated rings. The molecule has 2 aromatic heterocycles.